The van der Waals surface area contributed by atoms with Crippen molar-refractivity contribution in [3.05, 3.63) is 12.7 Å². The molecule has 98 valence electrons. The van der Waals surface area contributed by atoms with Crippen LogP contribution in [0, 0.1) is 0 Å². The van der Waals surface area contributed by atoms with E-state index in [9.17, 15) is 0 Å². The number of ether oxygens (including phenoxy) is 1. The van der Waals surface area contributed by atoms with E-state index >= 15 is 0 Å². The molecule has 0 bridgehead atoms. The standard InChI is InChI=1S/C12H26NO.C2H6/c1-7-10-14-12(4,5)11-13(6,8-2)9-3;1-2/h7H,1,8-11H2,2-6H3;1-2H3/q+1;. The molecule has 0 aliphatic carbocycles. The molecule has 0 aliphatic rings. The predicted molar refractivity (Wildman–Crippen MR) is 73.7 cm³/mol. The zero-order valence-electron chi connectivity index (χ0n) is 12.5. The van der Waals surface area contributed by atoms with Crippen LogP contribution >= 0.6 is 0 Å². The van der Waals surface area contributed by atoms with E-state index in [0.717, 1.165) is 24.1 Å². The Morgan fingerprint density at radius 2 is 1.62 bits per heavy atom. The minimum atomic E-state index is -0.0606. The zero-order valence-corrected chi connectivity index (χ0v) is 12.5. The van der Waals surface area contributed by atoms with Gasteiger partial charge in [0.1, 0.15) is 12.1 Å². The van der Waals surface area contributed by atoms with Gasteiger partial charge in [0.15, 0.2) is 0 Å². The summed E-state index contributed by atoms with van der Waals surface area (Å²) in [5.41, 5.74) is -0.0606. The highest BCUT2D eigenvalue weighted by Crippen LogP contribution is 2.16. The zero-order chi connectivity index (χ0) is 13.2. The molecule has 16 heavy (non-hydrogen) atoms. The lowest BCUT2D eigenvalue weighted by atomic mass is 10.1. The molecule has 0 aliphatic heterocycles. The molecule has 0 N–H and O–H groups in total. The average Bonchev–Trinajstić information content (AvgIpc) is 2.28. The van der Waals surface area contributed by atoms with Crippen molar-refractivity contribution >= 4 is 0 Å². The van der Waals surface area contributed by atoms with Crippen LogP contribution in [0.1, 0.15) is 41.5 Å². The molecule has 0 aromatic carbocycles. The summed E-state index contributed by atoms with van der Waals surface area (Å²) in [7, 11) is 2.28. The summed E-state index contributed by atoms with van der Waals surface area (Å²) in [6.45, 7) is 20.4. The van der Waals surface area contributed by atoms with E-state index in [1.165, 1.54) is 0 Å². The van der Waals surface area contributed by atoms with Gasteiger partial charge in [0, 0.05) is 0 Å². The second-order valence-electron chi connectivity index (χ2n) is 4.77. The van der Waals surface area contributed by atoms with Crippen molar-refractivity contribution < 1.29 is 9.22 Å². The van der Waals surface area contributed by atoms with Gasteiger partial charge < -0.3 is 9.22 Å². The van der Waals surface area contributed by atoms with Gasteiger partial charge in [0.2, 0.25) is 0 Å². The Hall–Kier alpha value is -0.340. The molecular formula is C14H32NO+. The fraction of sp³-hybridized carbons (Fsp3) is 0.857. The van der Waals surface area contributed by atoms with E-state index in [4.69, 9.17) is 4.74 Å². The summed E-state index contributed by atoms with van der Waals surface area (Å²) in [5, 5.41) is 0. The summed E-state index contributed by atoms with van der Waals surface area (Å²) in [6.07, 6.45) is 1.81. The Labute approximate surface area is 103 Å². The first-order valence-corrected chi connectivity index (χ1v) is 6.47. The van der Waals surface area contributed by atoms with Gasteiger partial charge in [-0.1, -0.05) is 19.9 Å². The molecule has 0 amide bonds. The van der Waals surface area contributed by atoms with Crippen LogP contribution in [0.2, 0.25) is 0 Å². The van der Waals surface area contributed by atoms with Crippen molar-refractivity contribution in [1.29, 1.82) is 0 Å². The first kappa shape index (κ1) is 18.0. The SMILES string of the molecule is C=CCOC(C)(C)C[N+](C)(CC)CC.CC. The van der Waals surface area contributed by atoms with E-state index in [0.29, 0.717) is 6.61 Å². The molecule has 2 heteroatoms. The lowest BCUT2D eigenvalue weighted by Crippen LogP contribution is -2.52. The van der Waals surface area contributed by atoms with E-state index in [1.807, 2.05) is 19.9 Å². The Kier molecular flexibility index (Phi) is 9.89. The van der Waals surface area contributed by atoms with Crippen molar-refractivity contribution in [3.63, 3.8) is 0 Å². The third-order valence-electron chi connectivity index (χ3n) is 2.88. The van der Waals surface area contributed by atoms with Crippen LogP contribution in [0.15, 0.2) is 12.7 Å². The predicted octanol–water partition coefficient (Wildman–Crippen LogP) is 3.48. The number of hydrogen-bond acceptors (Lipinski definition) is 1. The van der Waals surface area contributed by atoms with Gasteiger partial charge in [-0.2, -0.15) is 0 Å². The normalized spacial score (nSPS) is 11.7. The first-order valence-electron chi connectivity index (χ1n) is 6.47. The molecule has 0 unspecified atom stereocenters. The number of nitrogens with zero attached hydrogens (tertiary/aromatic N) is 1. The van der Waals surface area contributed by atoms with Crippen molar-refractivity contribution in [3.8, 4) is 0 Å². The molecule has 0 saturated heterocycles. The molecule has 0 rings (SSSR count). The van der Waals surface area contributed by atoms with E-state index in [-0.39, 0.29) is 5.60 Å². The highest BCUT2D eigenvalue weighted by atomic mass is 16.5. The quantitative estimate of drug-likeness (QED) is 0.480. The Morgan fingerprint density at radius 1 is 1.19 bits per heavy atom. The van der Waals surface area contributed by atoms with E-state index in [1.54, 1.807) is 0 Å². The van der Waals surface area contributed by atoms with Gasteiger partial charge in [-0.3, -0.25) is 0 Å². The molecule has 0 spiro atoms. The minimum absolute atomic E-state index is 0.0606. The Morgan fingerprint density at radius 3 is 1.94 bits per heavy atom. The third kappa shape index (κ3) is 7.89. The molecule has 0 radical (unpaired) electrons. The lowest BCUT2D eigenvalue weighted by molar-refractivity contribution is -0.911. The molecule has 0 heterocycles. The molecule has 0 aromatic heterocycles. The average molecular weight is 230 g/mol. The number of rotatable bonds is 7. The maximum Gasteiger partial charge on any atom is 0.112 e. The van der Waals surface area contributed by atoms with Gasteiger partial charge in [-0.05, 0) is 27.7 Å². The molecule has 0 fully saturated rings. The van der Waals surface area contributed by atoms with Crippen LogP contribution in [-0.4, -0.2) is 43.4 Å². The Bertz CT molecular complexity index is 172. The topological polar surface area (TPSA) is 9.23 Å². The monoisotopic (exact) mass is 230 g/mol. The van der Waals surface area contributed by atoms with E-state index < -0.39 is 0 Å². The van der Waals surface area contributed by atoms with Crippen molar-refractivity contribution in [2.45, 2.75) is 47.1 Å². The summed E-state index contributed by atoms with van der Waals surface area (Å²) in [6, 6.07) is 0. The van der Waals surface area contributed by atoms with Crippen LogP contribution in [0.4, 0.5) is 0 Å². The molecule has 0 saturated carbocycles. The second-order valence-corrected chi connectivity index (χ2v) is 4.77. The Balaban J connectivity index is 0. The number of quaternary nitrogens is 1. The van der Waals surface area contributed by atoms with Crippen LogP contribution in [0.25, 0.3) is 0 Å². The summed E-state index contributed by atoms with van der Waals surface area (Å²) < 4.78 is 6.80. The second kappa shape index (κ2) is 8.77. The van der Waals surface area contributed by atoms with Crippen molar-refractivity contribution in [2.75, 3.05) is 33.3 Å². The first-order chi connectivity index (χ1) is 7.39. The van der Waals surface area contributed by atoms with Crippen LogP contribution in [-0.2, 0) is 4.74 Å². The highest BCUT2D eigenvalue weighted by Gasteiger charge is 2.29. The molecular weight excluding hydrogens is 198 g/mol. The fourth-order valence-corrected chi connectivity index (χ4v) is 1.70. The maximum absolute atomic E-state index is 5.74. The fourth-order valence-electron chi connectivity index (χ4n) is 1.70. The van der Waals surface area contributed by atoms with Crippen molar-refractivity contribution in [2.24, 2.45) is 0 Å². The van der Waals surface area contributed by atoms with Gasteiger partial charge in [0.25, 0.3) is 0 Å². The van der Waals surface area contributed by atoms with E-state index in [2.05, 4.69) is 41.3 Å². The summed E-state index contributed by atoms with van der Waals surface area (Å²) in [4.78, 5) is 0. The van der Waals surface area contributed by atoms with Gasteiger partial charge in [0.05, 0.1) is 26.7 Å². The molecule has 0 aromatic rings. The molecule has 2 nitrogen and oxygen atoms in total. The third-order valence-corrected chi connectivity index (χ3v) is 2.88. The van der Waals surface area contributed by atoms with Gasteiger partial charge >= 0.3 is 0 Å². The largest absolute Gasteiger partial charge is 0.366 e. The number of hydrogen-bond donors (Lipinski definition) is 0. The minimum Gasteiger partial charge on any atom is -0.366 e. The van der Waals surface area contributed by atoms with Crippen LogP contribution in [0.5, 0.6) is 0 Å². The summed E-state index contributed by atoms with van der Waals surface area (Å²) in [5.74, 6) is 0. The van der Waals surface area contributed by atoms with Gasteiger partial charge in [-0.25, -0.2) is 0 Å². The van der Waals surface area contributed by atoms with Gasteiger partial charge in [-0.15, -0.1) is 6.58 Å². The lowest BCUT2D eigenvalue weighted by Gasteiger charge is -2.38. The van der Waals surface area contributed by atoms with Crippen LogP contribution in [0.3, 0.4) is 0 Å². The van der Waals surface area contributed by atoms with Crippen LogP contribution < -0.4 is 0 Å². The smallest absolute Gasteiger partial charge is 0.112 e. The molecule has 0 atom stereocenters. The highest BCUT2D eigenvalue weighted by molar-refractivity contribution is 4.72. The summed E-state index contributed by atoms with van der Waals surface area (Å²) >= 11 is 0. The number of likely N-dealkylation sites (N-methyl/N-ethyl adjacent to an activating group) is 1. The van der Waals surface area contributed by atoms with Crippen molar-refractivity contribution in [1.82, 2.24) is 0 Å². The maximum atomic E-state index is 5.74.